The van der Waals surface area contributed by atoms with E-state index in [1.54, 1.807) is 0 Å². The molecule has 11 rings (SSSR count). The van der Waals surface area contributed by atoms with E-state index in [-0.39, 0.29) is 0 Å². The Morgan fingerprint density at radius 2 is 1.12 bits per heavy atom. The van der Waals surface area contributed by atoms with Crippen LogP contribution in [0.5, 0.6) is 0 Å². The highest BCUT2D eigenvalue weighted by atomic mass is 32.1. The molecule has 0 aliphatic rings. The minimum Gasteiger partial charge on any atom is -0.456 e. The van der Waals surface area contributed by atoms with Gasteiger partial charge in [0.05, 0.1) is 11.1 Å². The summed E-state index contributed by atoms with van der Waals surface area (Å²) < 4.78 is 15.5. The first-order chi connectivity index (χ1) is 24.8. The smallest absolute Gasteiger partial charge is 0.143 e. The Bertz CT molecular complexity index is 3130. The van der Waals surface area contributed by atoms with Crippen LogP contribution in [-0.2, 0) is 0 Å². The Morgan fingerprint density at radius 1 is 0.400 bits per heavy atom. The van der Waals surface area contributed by atoms with E-state index in [1.807, 2.05) is 23.5 Å². The molecule has 11 aromatic rings. The summed E-state index contributed by atoms with van der Waals surface area (Å²) in [7, 11) is 0. The monoisotopic (exact) mass is 657 g/mol. The highest BCUT2D eigenvalue weighted by Gasteiger charge is 2.22. The summed E-state index contributed by atoms with van der Waals surface area (Å²) in [5, 5.41) is 9.27. The van der Waals surface area contributed by atoms with Gasteiger partial charge in [-0.25, -0.2) is 0 Å². The van der Waals surface area contributed by atoms with E-state index < -0.39 is 0 Å². The summed E-state index contributed by atoms with van der Waals surface area (Å²) in [6.45, 7) is 0. The molecule has 8 aromatic carbocycles. The number of thiophene rings is 1. The molecule has 3 aromatic heterocycles. The lowest BCUT2D eigenvalue weighted by Gasteiger charge is -2.27. The van der Waals surface area contributed by atoms with Gasteiger partial charge in [-0.3, -0.25) is 0 Å². The third-order valence-corrected chi connectivity index (χ3v) is 11.2. The van der Waals surface area contributed by atoms with Crippen LogP contribution < -0.4 is 4.90 Å². The first kappa shape index (κ1) is 27.6. The molecule has 0 N–H and O–H groups in total. The molecular weight excluding hydrogens is 631 g/mol. The Labute approximate surface area is 290 Å². The maximum Gasteiger partial charge on any atom is 0.143 e. The minimum absolute atomic E-state index is 0.861. The molecule has 50 heavy (non-hydrogen) atoms. The first-order valence-corrected chi connectivity index (χ1v) is 17.6. The van der Waals surface area contributed by atoms with Crippen molar-refractivity contribution in [1.82, 2.24) is 0 Å². The molecule has 234 valence electrons. The van der Waals surface area contributed by atoms with E-state index in [2.05, 4.69) is 157 Å². The van der Waals surface area contributed by atoms with Gasteiger partial charge in [0, 0.05) is 53.1 Å². The zero-order valence-corrected chi connectivity index (χ0v) is 27.6. The van der Waals surface area contributed by atoms with Crippen molar-refractivity contribution in [3.05, 3.63) is 164 Å². The second-order valence-corrected chi connectivity index (χ2v) is 14.0. The van der Waals surface area contributed by atoms with Gasteiger partial charge < -0.3 is 13.7 Å². The fraction of sp³-hybridized carbons (Fsp3) is 0. The van der Waals surface area contributed by atoms with Crippen molar-refractivity contribution in [3.63, 3.8) is 0 Å². The first-order valence-electron chi connectivity index (χ1n) is 16.8. The van der Waals surface area contributed by atoms with Gasteiger partial charge in [-0.05, 0) is 83.2 Å². The molecule has 0 radical (unpaired) electrons. The van der Waals surface area contributed by atoms with Crippen LogP contribution in [0, 0.1) is 0 Å². The lowest BCUT2D eigenvalue weighted by molar-refractivity contribution is 0.669. The fourth-order valence-corrected chi connectivity index (χ4v) is 8.88. The maximum absolute atomic E-state index is 6.66. The molecule has 0 saturated carbocycles. The van der Waals surface area contributed by atoms with Crippen LogP contribution in [0.4, 0.5) is 17.1 Å². The fourth-order valence-electron chi connectivity index (χ4n) is 7.73. The Kier molecular flexibility index (Phi) is 5.83. The van der Waals surface area contributed by atoms with Gasteiger partial charge in [-0.2, -0.15) is 0 Å². The minimum atomic E-state index is 0.861. The van der Waals surface area contributed by atoms with Crippen molar-refractivity contribution < 1.29 is 8.83 Å². The molecule has 0 saturated heterocycles. The van der Waals surface area contributed by atoms with Crippen molar-refractivity contribution in [1.29, 1.82) is 0 Å². The Morgan fingerprint density at radius 3 is 2.08 bits per heavy atom. The number of nitrogens with zero attached hydrogens (tertiary/aromatic N) is 1. The highest BCUT2D eigenvalue weighted by Crippen LogP contribution is 2.46. The van der Waals surface area contributed by atoms with Crippen LogP contribution in [0.1, 0.15) is 0 Å². The number of fused-ring (bicyclic) bond motifs is 11. The average molecular weight is 658 g/mol. The summed E-state index contributed by atoms with van der Waals surface area (Å²) in [5.74, 6) is 0. The second kappa shape index (κ2) is 10.6. The summed E-state index contributed by atoms with van der Waals surface area (Å²) in [4.78, 5) is 2.37. The summed E-state index contributed by atoms with van der Waals surface area (Å²) in [5.41, 5.74) is 9.06. The molecule has 0 unspecified atom stereocenters. The molecule has 0 atom stereocenters. The van der Waals surface area contributed by atoms with Crippen LogP contribution in [-0.4, -0.2) is 0 Å². The summed E-state index contributed by atoms with van der Waals surface area (Å²) in [6, 6.07) is 58.4. The molecule has 0 fully saturated rings. The molecule has 0 aliphatic heterocycles. The highest BCUT2D eigenvalue weighted by molar-refractivity contribution is 7.25. The molecule has 4 heteroatoms. The van der Waals surface area contributed by atoms with E-state index in [9.17, 15) is 0 Å². The van der Waals surface area contributed by atoms with E-state index >= 15 is 0 Å². The van der Waals surface area contributed by atoms with Crippen molar-refractivity contribution in [2.75, 3.05) is 4.90 Å². The number of furan rings is 2. The molecule has 0 aliphatic carbocycles. The van der Waals surface area contributed by atoms with Gasteiger partial charge >= 0.3 is 0 Å². The lowest BCUT2D eigenvalue weighted by atomic mass is 10.0. The molecule has 0 amide bonds. The van der Waals surface area contributed by atoms with Gasteiger partial charge in [0.25, 0.3) is 0 Å². The van der Waals surface area contributed by atoms with E-state index in [0.717, 1.165) is 77.3 Å². The third kappa shape index (κ3) is 4.09. The average Bonchev–Trinajstić information content (AvgIpc) is 3.86. The molecule has 3 nitrogen and oxygen atoms in total. The predicted molar refractivity (Wildman–Crippen MR) is 212 cm³/mol. The quantitative estimate of drug-likeness (QED) is 0.189. The van der Waals surface area contributed by atoms with E-state index in [0.29, 0.717) is 0 Å². The molecule has 0 bridgehead atoms. The topological polar surface area (TPSA) is 29.5 Å². The Balaban J connectivity index is 1.16. The molecule has 3 heterocycles. The van der Waals surface area contributed by atoms with Gasteiger partial charge in [0.1, 0.15) is 22.3 Å². The largest absolute Gasteiger partial charge is 0.456 e. The van der Waals surface area contributed by atoms with Crippen LogP contribution in [0.25, 0.3) is 85.9 Å². The van der Waals surface area contributed by atoms with Gasteiger partial charge in [0.2, 0.25) is 0 Å². The number of benzene rings is 8. The number of rotatable bonds is 4. The zero-order chi connectivity index (χ0) is 32.8. The van der Waals surface area contributed by atoms with Gasteiger partial charge in [-0.1, -0.05) is 97.1 Å². The summed E-state index contributed by atoms with van der Waals surface area (Å²) in [6.07, 6.45) is 0. The zero-order valence-electron chi connectivity index (χ0n) is 26.8. The SMILES string of the molecule is c1cc(-c2ccc3c(c2)sc2ccccc23)cc(N(c2ccc3oc4ccccc4c3c2)c2cccc3oc4c5ccccc5ccc4c23)c1. The standard InChI is InChI=1S/C46H27NO2S/c1-2-12-33-28(9-1)19-23-37-45-39(15-8-17-42(45)49-46(33)37)47(32-21-24-41-38(27-32)34-13-3-5-16-40(34)48-41)31-11-7-10-29(25-31)30-20-22-36-35-14-4-6-18-43(35)50-44(36)26-30/h1-27H. The van der Waals surface area contributed by atoms with Gasteiger partial charge in [-0.15, -0.1) is 11.3 Å². The van der Waals surface area contributed by atoms with Crippen LogP contribution in [0.3, 0.4) is 0 Å². The van der Waals surface area contributed by atoms with Crippen molar-refractivity contribution in [3.8, 4) is 11.1 Å². The third-order valence-electron chi connectivity index (χ3n) is 10.0. The van der Waals surface area contributed by atoms with E-state index in [4.69, 9.17) is 8.83 Å². The Hall–Kier alpha value is -6.36. The molecular formula is C46H27NO2S. The van der Waals surface area contributed by atoms with Crippen molar-refractivity contribution in [2.45, 2.75) is 0 Å². The number of para-hydroxylation sites is 1. The second-order valence-electron chi connectivity index (χ2n) is 12.9. The van der Waals surface area contributed by atoms with E-state index in [1.165, 1.54) is 25.7 Å². The van der Waals surface area contributed by atoms with Crippen LogP contribution >= 0.6 is 11.3 Å². The molecule has 0 spiro atoms. The normalized spacial score (nSPS) is 12.0. The number of anilines is 3. The van der Waals surface area contributed by atoms with Gasteiger partial charge in [0.15, 0.2) is 0 Å². The van der Waals surface area contributed by atoms with Crippen molar-refractivity contribution in [2.24, 2.45) is 0 Å². The lowest BCUT2D eigenvalue weighted by Crippen LogP contribution is -2.10. The van der Waals surface area contributed by atoms with Crippen LogP contribution in [0.15, 0.2) is 173 Å². The number of hydrogen-bond acceptors (Lipinski definition) is 4. The van der Waals surface area contributed by atoms with Crippen molar-refractivity contribution >= 4 is 103 Å². The summed E-state index contributed by atoms with van der Waals surface area (Å²) >= 11 is 1.85. The van der Waals surface area contributed by atoms with Crippen LogP contribution in [0.2, 0.25) is 0 Å². The number of hydrogen-bond donors (Lipinski definition) is 0. The maximum atomic E-state index is 6.66. The predicted octanol–water partition coefficient (Wildman–Crippen LogP) is 14.1.